The monoisotopic (exact) mass is 317 g/mol. The molecule has 1 aromatic heterocycles. The summed E-state index contributed by atoms with van der Waals surface area (Å²) in [6, 6.07) is 10.8. The van der Waals surface area contributed by atoms with Gasteiger partial charge in [0.1, 0.15) is 0 Å². The Morgan fingerprint density at radius 3 is 2.32 bits per heavy atom. The van der Waals surface area contributed by atoms with Crippen LogP contribution in [0.3, 0.4) is 0 Å². The molecule has 4 nitrogen and oxygen atoms in total. The number of thiophene rings is 1. The van der Waals surface area contributed by atoms with Crippen molar-refractivity contribution in [3.63, 3.8) is 0 Å². The Morgan fingerprint density at radius 1 is 1.18 bits per heavy atom. The van der Waals surface area contributed by atoms with E-state index < -0.39 is 11.4 Å². The Morgan fingerprint density at radius 2 is 1.82 bits per heavy atom. The third kappa shape index (κ3) is 3.36. The Balaban J connectivity index is 2.09. The molecule has 1 heterocycles. The lowest BCUT2D eigenvalue weighted by Gasteiger charge is -2.20. The van der Waals surface area contributed by atoms with E-state index >= 15 is 0 Å². The molecule has 1 amide bonds. The van der Waals surface area contributed by atoms with Gasteiger partial charge in [0.2, 0.25) is 5.91 Å². The Kier molecular flexibility index (Phi) is 4.66. The lowest BCUT2D eigenvalue weighted by atomic mass is 9.85. The van der Waals surface area contributed by atoms with Gasteiger partial charge < -0.3 is 10.4 Å². The molecule has 0 saturated heterocycles. The zero-order valence-corrected chi connectivity index (χ0v) is 13.6. The SMILES string of the molecule is CC(C(=O)Nc1ccc(C(C)(C)C(=O)O)cc1)c1cccs1. The van der Waals surface area contributed by atoms with Gasteiger partial charge in [0.25, 0.3) is 0 Å². The Labute approximate surface area is 133 Å². The first-order chi connectivity index (χ1) is 10.3. The molecule has 0 spiro atoms. The van der Waals surface area contributed by atoms with Crippen LogP contribution in [0.2, 0.25) is 0 Å². The van der Waals surface area contributed by atoms with Gasteiger partial charge in [0, 0.05) is 10.6 Å². The standard InChI is InChI=1S/C17H19NO3S/c1-11(14-5-4-10-22-14)15(19)18-13-8-6-12(7-9-13)17(2,3)16(20)21/h4-11H,1-3H3,(H,18,19)(H,20,21). The lowest BCUT2D eigenvalue weighted by molar-refractivity contribution is -0.142. The van der Waals surface area contributed by atoms with E-state index in [0.29, 0.717) is 11.3 Å². The van der Waals surface area contributed by atoms with E-state index in [1.54, 1.807) is 49.4 Å². The highest BCUT2D eigenvalue weighted by Gasteiger charge is 2.29. The second kappa shape index (κ2) is 6.32. The van der Waals surface area contributed by atoms with Crippen molar-refractivity contribution in [3.8, 4) is 0 Å². The first-order valence-electron chi connectivity index (χ1n) is 7.00. The molecular formula is C17H19NO3S. The largest absolute Gasteiger partial charge is 0.481 e. The molecule has 0 aliphatic heterocycles. The van der Waals surface area contributed by atoms with E-state index in [0.717, 1.165) is 4.88 Å². The van der Waals surface area contributed by atoms with E-state index in [1.165, 1.54) is 0 Å². The van der Waals surface area contributed by atoms with Gasteiger partial charge in [-0.05, 0) is 49.9 Å². The number of carboxylic acid groups (broad SMARTS) is 1. The van der Waals surface area contributed by atoms with Crippen molar-refractivity contribution >= 4 is 28.9 Å². The van der Waals surface area contributed by atoms with Gasteiger partial charge in [-0.15, -0.1) is 11.3 Å². The first kappa shape index (κ1) is 16.2. The van der Waals surface area contributed by atoms with Gasteiger partial charge >= 0.3 is 5.97 Å². The number of anilines is 1. The zero-order valence-electron chi connectivity index (χ0n) is 12.8. The van der Waals surface area contributed by atoms with E-state index in [4.69, 9.17) is 0 Å². The number of carbonyl (C=O) groups excluding carboxylic acids is 1. The van der Waals surface area contributed by atoms with Crippen LogP contribution in [0, 0.1) is 0 Å². The summed E-state index contributed by atoms with van der Waals surface area (Å²) < 4.78 is 0. The van der Waals surface area contributed by atoms with Gasteiger partial charge in [-0.2, -0.15) is 0 Å². The van der Waals surface area contributed by atoms with Crippen molar-refractivity contribution in [1.82, 2.24) is 0 Å². The Bertz CT molecular complexity index is 660. The highest BCUT2D eigenvalue weighted by atomic mass is 32.1. The van der Waals surface area contributed by atoms with Crippen LogP contribution in [-0.2, 0) is 15.0 Å². The van der Waals surface area contributed by atoms with Crippen molar-refractivity contribution in [2.75, 3.05) is 5.32 Å². The molecule has 22 heavy (non-hydrogen) atoms. The third-order valence-corrected chi connectivity index (χ3v) is 4.83. The van der Waals surface area contributed by atoms with Crippen molar-refractivity contribution in [1.29, 1.82) is 0 Å². The van der Waals surface area contributed by atoms with E-state index in [9.17, 15) is 14.7 Å². The van der Waals surface area contributed by atoms with Gasteiger partial charge in [-0.1, -0.05) is 18.2 Å². The number of rotatable bonds is 5. The molecule has 0 aliphatic rings. The van der Waals surface area contributed by atoms with Crippen LogP contribution >= 0.6 is 11.3 Å². The minimum Gasteiger partial charge on any atom is -0.481 e. The number of hydrogen-bond donors (Lipinski definition) is 2. The summed E-state index contributed by atoms with van der Waals surface area (Å²) in [6.45, 7) is 5.17. The molecule has 0 bridgehead atoms. The fraction of sp³-hybridized carbons (Fsp3) is 0.294. The number of hydrogen-bond acceptors (Lipinski definition) is 3. The average Bonchev–Trinajstić information content (AvgIpc) is 3.01. The fourth-order valence-electron chi connectivity index (χ4n) is 2.01. The molecule has 1 atom stereocenters. The summed E-state index contributed by atoms with van der Waals surface area (Å²) in [4.78, 5) is 24.5. The molecule has 1 aromatic carbocycles. The topological polar surface area (TPSA) is 66.4 Å². The van der Waals surface area contributed by atoms with Gasteiger partial charge in [-0.25, -0.2) is 0 Å². The maximum atomic E-state index is 12.2. The molecule has 0 fully saturated rings. The minimum atomic E-state index is -0.952. The average molecular weight is 317 g/mol. The summed E-state index contributed by atoms with van der Waals surface area (Å²) in [5.41, 5.74) is 0.412. The number of carboxylic acids is 1. The normalized spacial score (nSPS) is 12.7. The number of aliphatic carboxylic acids is 1. The van der Waals surface area contributed by atoms with Crippen LogP contribution in [0.5, 0.6) is 0 Å². The van der Waals surface area contributed by atoms with Gasteiger partial charge in [0.05, 0.1) is 11.3 Å². The van der Waals surface area contributed by atoms with E-state index in [1.807, 2.05) is 24.4 Å². The smallest absolute Gasteiger partial charge is 0.313 e. The summed E-state index contributed by atoms with van der Waals surface area (Å²) in [7, 11) is 0. The van der Waals surface area contributed by atoms with Crippen LogP contribution in [0.4, 0.5) is 5.69 Å². The summed E-state index contributed by atoms with van der Waals surface area (Å²) >= 11 is 1.55. The quantitative estimate of drug-likeness (QED) is 0.880. The van der Waals surface area contributed by atoms with Crippen molar-refractivity contribution in [2.45, 2.75) is 32.1 Å². The number of benzene rings is 1. The second-order valence-corrected chi connectivity index (χ2v) is 6.71. The van der Waals surface area contributed by atoms with Crippen LogP contribution in [0.15, 0.2) is 41.8 Å². The van der Waals surface area contributed by atoms with Gasteiger partial charge in [0.15, 0.2) is 0 Å². The molecule has 5 heteroatoms. The Hall–Kier alpha value is -2.14. The van der Waals surface area contributed by atoms with Crippen molar-refractivity contribution < 1.29 is 14.7 Å². The molecule has 2 aromatic rings. The predicted molar refractivity (Wildman–Crippen MR) is 88.5 cm³/mol. The highest BCUT2D eigenvalue weighted by molar-refractivity contribution is 7.10. The van der Waals surface area contributed by atoms with E-state index in [2.05, 4.69) is 5.32 Å². The number of carbonyl (C=O) groups is 2. The maximum Gasteiger partial charge on any atom is 0.313 e. The number of amides is 1. The van der Waals surface area contributed by atoms with E-state index in [-0.39, 0.29) is 11.8 Å². The predicted octanol–water partition coefficient (Wildman–Crippen LogP) is 3.85. The third-order valence-electron chi connectivity index (χ3n) is 3.77. The molecule has 2 rings (SSSR count). The fourth-order valence-corrected chi connectivity index (χ4v) is 2.79. The summed E-state index contributed by atoms with van der Waals surface area (Å²) in [6.07, 6.45) is 0. The van der Waals surface area contributed by atoms with Crippen LogP contribution in [0.25, 0.3) is 0 Å². The van der Waals surface area contributed by atoms with Crippen molar-refractivity contribution in [3.05, 3.63) is 52.2 Å². The second-order valence-electron chi connectivity index (χ2n) is 5.73. The molecule has 0 saturated carbocycles. The van der Waals surface area contributed by atoms with Crippen LogP contribution < -0.4 is 5.32 Å². The zero-order chi connectivity index (χ0) is 16.3. The lowest BCUT2D eigenvalue weighted by Crippen LogP contribution is -2.28. The van der Waals surface area contributed by atoms with Crippen LogP contribution in [-0.4, -0.2) is 17.0 Å². The summed E-state index contributed by atoms with van der Waals surface area (Å²) in [5.74, 6) is -1.17. The molecule has 116 valence electrons. The first-order valence-corrected chi connectivity index (χ1v) is 7.88. The van der Waals surface area contributed by atoms with Crippen molar-refractivity contribution in [2.24, 2.45) is 0 Å². The molecule has 2 N–H and O–H groups in total. The summed E-state index contributed by atoms with van der Waals surface area (Å²) in [5, 5.41) is 14.0. The van der Waals surface area contributed by atoms with Crippen LogP contribution in [0.1, 0.15) is 37.1 Å². The number of nitrogens with one attached hydrogen (secondary N) is 1. The minimum absolute atomic E-state index is 0.0762. The molecular weight excluding hydrogens is 298 g/mol. The maximum absolute atomic E-state index is 12.2. The highest BCUT2D eigenvalue weighted by Crippen LogP contribution is 2.26. The molecule has 0 aliphatic carbocycles. The molecule has 1 unspecified atom stereocenters. The van der Waals surface area contributed by atoms with Gasteiger partial charge in [-0.3, -0.25) is 9.59 Å². The molecule has 0 radical (unpaired) electrons.